The van der Waals surface area contributed by atoms with Crippen molar-refractivity contribution in [2.24, 2.45) is 5.41 Å². The van der Waals surface area contributed by atoms with Gasteiger partial charge in [-0.25, -0.2) is 0 Å². The van der Waals surface area contributed by atoms with E-state index < -0.39 is 58.6 Å². The highest BCUT2D eigenvalue weighted by Gasteiger charge is 2.55. The Labute approximate surface area is 185 Å². The molecule has 0 spiro atoms. The summed E-state index contributed by atoms with van der Waals surface area (Å²) in [6.07, 6.45) is -5.76. The molecule has 0 fully saturated rings. The molecule has 0 bridgehead atoms. The van der Waals surface area contributed by atoms with E-state index in [2.05, 4.69) is 0 Å². The molecule has 9 heteroatoms. The zero-order valence-electron chi connectivity index (χ0n) is 19.1. The van der Waals surface area contributed by atoms with Gasteiger partial charge in [-0.1, -0.05) is 6.07 Å². The number of halogens is 3. The predicted molar refractivity (Wildman–Crippen MR) is 109 cm³/mol. The van der Waals surface area contributed by atoms with Crippen molar-refractivity contribution in [1.29, 1.82) is 0 Å². The van der Waals surface area contributed by atoms with Gasteiger partial charge in [0.2, 0.25) is 0 Å². The minimum absolute atomic E-state index is 0.157. The van der Waals surface area contributed by atoms with Crippen LogP contribution in [0.15, 0.2) is 18.2 Å². The third-order valence-electron chi connectivity index (χ3n) is 5.00. The van der Waals surface area contributed by atoms with Crippen LogP contribution in [-0.4, -0.2) is 34.2 Å². The molecule has 0 aromatic heterocycles. The highest BCUT2D eigenvalue weighted by Crippen LogP contribution is 2.48. The molecule has 0 heterocycles. The number of rotatable bonds is 4. The Morgan fingerprint density at radius 3 is 1.91 bits per heavy atom. The topological polar surface area (TPSA) is 89.9 Å². The lowest BCUT2D eigenvalue weighted by Crippen LogP contribution is -2.50. The third-order valence-corrected chi connectivity index (χ3v) is 5.00. The van der Waals surface area contributed by atoms with Crippen LogP contribution in [0.25, 0.3) is 0 Å². The van der Waals surface area contributed by atoms with Gasteiger partial charge in [-0.05, 0) is 83.6 Å². The summed E-state index contributed by atoms with van der Waals surface area (Å²) in [5.41, 5.74) is -4.26. The first-order valence-electron chi connectivity index (χ1n) is 10.2. The molecule has 1 atom stereocenters. The van der Waals surface area contributed by atoms with Gasteiger partial charge in [0.15, 0.2) is 5.41 Å². The first-order chi connectivity index (χ1) is 14.3. The summed E-state index contributed by atoms with van der Waals surface area (Å²) in [6.45, 7) is 9.72. The Kier molecular flexibility index (Phi) is 6.74. The van der Waals surface area contributed by atoms with Crippen LogP contribution in [0, 0.1) is 5.41 Å². The molecule has 0 aliphatic heterocycles. The highest BCUT2D eigenvalue weighted by molar-refractivity contribution is 6.01. The van der Waals surface area contributed by atoms with Crippen LogP contribution in [0.3, 0.4) is 0 Å². The van der Waals surface area contributed by atoms with Gasteiger partial charge in [0.25, 0.3) is 0 Å². The maximum atomic E-state index is 13.3. The number of carboxylic acid groups (broad SMARTS) is 1. The van der Waals surface area contributed by atoms with E-state index in [1.54, 1.807) is 41.5 Å². The molecule has 1 aliphatic carbocycles. The molecule has 1 aromatic rings. The number of carboxylic acids is 1. The second-order valence-electron chi connectivity index (χ2n) is 10.2. The summed E-state index contributed by atoms with van der Waals surface area (Å²) >= 11 is 0. The van der Waals surface area contributed by atoms with E-state index in [9.17, 15) is 32.7 Å². The molecule has 1 aliphatic rings. The third kappa shape index (κ3) is 6.01. The normalized spacial score (nSPS) is 18.5. The first kappa shape index (κ1) is 25.7. The molecule has 6 nitrogen and oxygen atoms in total. The molecular weight excluding hydrogens is 429 g/mol. The summed E-state index contributed by atoms with van der Waals surface area (Å²) in [4.78, 5) is 38.1. The predicted octanol–water partition coefficient (Wildman–Crippen LogP) is 4.88. The standard InChI is InChI=1S/C23H29F3O6/c1-20(2,3)31-18(29)22(19(30)32-21(4,5)6)11-13-7-8-15(23(24,25)26)10-16(13)14(12-22)9-17(27)28/h7-8,10,14H,9,11-12H2,1-6H3,(H,27,28). The van der Waals surface area contributed by atoms with Crippen LogP contribution in [0.4, 0.5) is 13.2 Å². The number of ether oxygens (including phenoxy) is 2. The molecule has 1 unspecified atom stereocenters. The summed E-state index contributed by atoms with van der Waals surface area (Å²) < 4.78 is 50.8. The van der Waals surface area contributed by atoms with Crippen molar-refractivity contribution in [2.75, 3.05) is 0 Å². The molecule has 1 N–H and O–H groups in total. The van der Waals surface area contributed by atoms with E-state index in [-0.39, 0.29) is 24.0 Å². The van der Waals surface area contributed by atoms with Crippen molar-refractivity contribution < 1.29 is 42.1 Å². The molecule has 178 valence electrons. The van der Waals surface area contributed by atoms with E-state index in [1.165, 1.54) is 6.07 Å². The molecule has 0 radical (unpaired) electrons. The zero-order chi connectivity index (χ0) is 24.7. The van der Waals surface area contributed by atoms with Crippen molar-refractivity contribution in [3.05, 3.63) is 34.9 Å². The van der Waals surface area contributed by atoms with Gasteiger partial charge in [-0.15, -0.1) is 0 Å². The number of carbonyl (C=O) groups is 3. The number of carbonyl (C=O) groups excluding carboxylic acids is 2. The maximum absolute atomic E-state index is 13.3. The number of alkyl halides is 3. The van der Waals surface area contributed by atoms with Crippen LogP contribution in [0.5, 0.6) is 0 Å². The smallest absolute Gasteiger partial charge is 0.416 e. The monoisotopic (exact) mass is 458 g/mol. The van der Waals surface area contributed by atoms with Crippen molar-refractivity contribution in [2.45, 2.75) is 84.1 Å². The van der Waals surface area contributed by atoms with Gasteiger partial charge < -0.3 is 14.6 Å². The number of aliphatic carboxylic acids is 1. The Morgan fingerprint density at radius 2 is 1.50 bits per heavy atom. The molecule has 32 heavy (non-hydrogen) atoms. The van der Waals surface area contributed by atoms with Gasteiger partial charge in [0, 0.05) is 0 Å². The second kappa shape index (κ2) is 8.41. The Hall–Kier alpha value is -2.58. The van der Waals surface area contributed by atoms with Gasteiger partial charge in [-0.2, -0.15) is 13.2 Å². The van der Waals surface area contributed by atoms with Crippen LogP contribution in [0.1, 0.15) is 77.0 Å². The summed E-state index contributed by atoms with van der Waals surface area (Å²) in [5.74, 6) is -4.05. The van der Waals surface area contributed by atoms with Crippen molar-refractivity contribution in [3.63, 3.8) is 0 Å². The summed E-state index contributed by atoms with van der Waals surface area (Å²) in [6, 6.07) is 2.95. The molecular formula is C23H29F3O6. The molecule has 0 saturated heterocycles. The molecule has 0 amide bonds. The number of hydrogen-bond acceptors (Lipinski definition) is 5. The van der Waals surface area contributed by atoms with Crippen molar-refractivity contribution in [3.8, 4) is 0 Å². The Balaban J connectivity index is 2.66. The summed E-state index contributed by atoms with van der Waals surface area (Å²) in [5, 5.41) is 9.39. The quantitative estimate of drug-likeness (QED) is 0.511. The average molecular weight is 458 g/mol. The van der Waals surface area contributed by atoms with E-state index in [1.807, 2.05) is 0 Å². The fourth-order valence-corrected chi connectivity index (χ4v) is 3.78. The number of fused-ring (bicyclic) bond motifs is 1. The van der Waals surface area contributed by atoms with E-state index in [0.29, 0.717) is 0 Å². The van der Waals surface area contributed by atoms with Crippen LogP contribution in [-0.2, 0) is 36.5 Å². The minimum atomic E-state index is -4.62. The van der Waals surface area contributed by atoms with Crippen molar-refractivity contribution in [1.82, 2.24) is 0 Å². The maximum Gasteiger partial charge on any atom is 0.416 e. The van der Waals surface area contributed by atoms with E-state index in [4.69, 9.17) is 9.47 Å². The number of esters is 2. The van der Waals surface area contributed by atoms with Crippen LogP contribution >= 0.6 is 0 Å². The minimum Gasteiger partial charge on any atom is -0.481 e. The van der Waals surface area contributed by atoms with Crippen molar-refractivity contribution >= 4 is 17.9 Å². The second-order valence-corrected chi connectivity index (χ2v) is 10.2. The fourth-order valence-electron chi connectivity index (χ4n) is 3.78. The lowest BCUT2D eigenvalue weighted by Gasteiger charge is -2.40. The average Bonchev–Trinajstić information content (AvgIpc) is 2.56. The van der Waals surface area contributed by atoms with Crippen LogP contribution < -0.4 is 0 Å². The Morgan fingerprint density at radius 1 is 1.00 bits per heavy atom. The molecule has 1 aromatic carbocycles. The molecule has 2 rings (SSSR count). The van der Waals surface area contributed by atoms with E-state index >= 15 is 0 Å². The lowest BCUT2D eigenvalue weighted by molar-refractivity contribution is -0.187. The number of benzene rings is 1. The lowest BCUT2D eigenvalue weighted by atomic mass is 9.65. The first-order valence-corrected chi connectivity index (χ1v) is 10.2. The van der Waals surface area contributed by atoms with Crippen LogP contribution in [0.2, 0.25) is 0 Å². The summed E-state index contributed by atoms with van der Waals surface area (Å²) in [7, 11) is 0. The zero-order valence-corrected chi connectivity index (χ0v) is 19.1. The Bertz CT molecular complexity index is 878. The van der Waals surface area contributed by atoms with Gasteiger partial charge in [0.1, 0.15) is 11.2 Å². The van der Waals surface area contributed by atoms with E-state index in [0.717, 1.165) is 12.1 Å². The highest BCUT2D eigenvalue weighted by atomic mass is 19.4. The number of hydrogen-bond donors (Lipinski definition) is 1. The van der Waals surface area contributed by atoms with Gasteiger partial charge in [0.05, 0.1) is 12.0 Å². The molecule has 0 saturated carbocycles. The van der Waals surface area contributed by atoms with Gasteiger partial charge >= 0.3 is 24.1 Å². The fraction of sp³-hybridized carbons (Fsp3) is 0.609. The largest absolute Gasteiger partial charge is 0.481 e. The van der Waals surface area contributed by atoms with Gasteiger partial charge in [-0.3, -0.25) is 14.4 Å². The SMILES string of the molecule is CC(C)(C)OC(=O)C1(C(=O)OC(C)(C)C)Cc2ccc(C(F)(F)F)cc2C(CC(=O)O)C1.